The van der Waals surface area contributed by atoms with Crippen LogP contribution in [0.25, 0.3) is 17.2 Å². The van der Waals surface area contributed by atoms with Crippen molar-refractivity contribution in [1.82, 2.24) is 0 Å². The lowest BCUT2D eigenvalue weighted by atomic mass is 10.0. The summed E-state index contributed by atoms with van der Waals surface area (Å²) in [4.78, 5) is 23.9. The Labute approximate surface area is 156 Å². The molecule has 0 bridgehead atoms. The van der Waals surface area contributed by atoms with Gasteiger partial charge in [0.25, 0.3) is 0 Å². The van der Waals surface area contributed by atoms with E-state index in [9.17, 15) is 14.0 Å². The van der Waals surface area contributed by atoms with Crippen LogP contribution in [0.1, 0.15) is 15.9 Å². The Hall–Kier alpha value is -3.53. The molecule has 3 rings (SSSR count). The molecule has 0 heterocycles. The quantitative estimate of drug-likeness (QED) is 0.356. The highest BCUT2D eigenvalue weighted by molar-refractivity contribution is 5.99. The van der Waals surface area contributed by atoms with Crippen LogP contribution in [0, 0.1) is 5.82 Å². The molecule has 4 heteroatoms. The van der Waals surface area contributed by atoms with Gasteiger partial charge in [0.15, 0.2) is 12.4 Å². The number of carbonyl (C=O) groups excluding carboxylic acids is 2. The average molecular weight is 360 g/mol. The lowest BCUT2D eigenvalue weighted by molar-refractivity contribution is -0.136. The second kappa shape index (κ2) is 8.72. The van der Waals surface area contributed by atoms with Crippen LogP contribution in [-0.4, -0.2) is 18.4 Å². The highest BCUT2D eigenvalue weighted by atomic mass is 19.1. The number of hydrogen-bond acceptors (Lipinski definition) is 3. The molecular formula is C23H17FO3. The van der Waals surface area contributed by atoms with Crippen molar-refractivity contribution >= 4 is 17.8 Å². The second-order valence-electron chi connectivity index (χ2n) is 5.86. The Balaban J connectivity index is 1.55. The Bertz CT molecular complexity index is 960. The van der Waals surface area contributed by atoms with Gasteiger partial charge in [-0.3, -0.25) is 4.79 Å². The summed E-state index contributed by atoms with van der Waals surface area (Å²) in [7, 11) is 0. The van der Waals surface area contributed by atoms with E-state index < -0.39 is 5.97 Å². The SMILES string of the molecule is O=C(/C=C/c1cccc(F)c1)OCC(=O)c1ccc(-c2ccccc2)cc1. The van der Waals surface area contributed by atoms with Crippen molar-refractivity contribution in [3.63, 3.8) is 0 Å². The van der Waals surface area contributed by atoms with Crippen molar-refractivity contribution in [3.8, 4) is 11.1 Å². The fourth-order valence-corrected chi connectivity index (χ4v) is 2.52. The van der Waals surface area contributed by atoms with Crippen LogP contribution in [0.5, 0.6) is 0 Å². The fraction of sp³-hybridized carbons (Fsp3) is 0.0435. The van der Waals surface area contributed by atoms with Gasteiger partial charge in [-0.1, -0.05) is 66.7 Å². The predicted molar refractivity (Wildman–Crippen MR) is 103 cm³/mol. The van der Waals surface area contributed by atoms with E-state index in [1.807, 2.05) is 42.5 Å². The third-order valence-corrected chi connectivity index (χ3v) is 3.92. The average Bonchev–Trinajstić information content (AvgIpc) is 2.71. The van der Waals surface area contributed by atoms with Gasteiger partial charge in [0.05, 0.1) is 0 Å². The molecule has 0 saturated heterocycles. The zero-order chi connectivity index (χ0) is 19.1. The molecule has 0 radical (unpaired) electrons. The molecule has 0 aliphatic carbocycles. The minimum atomic E-state index is -0.659. The predicted octanol–water partition coefficient (Wildman–Crippen LogP) is 4.93. The van der Waals surface area contributed by atoms with E-state index in [2.05, 4.69) is 0 Å². The normalized spacial score (nSPS) is 10.7. The molecule has 0 unspecified atom stereocenters. The maximum Gasteiger partial charge on any atom is 0.331 e. The van der Waals surface area contributed by atoms with Gasteiger partial charge in [0.2, 0.25) is 0 Å². The number of rotatable bonds is 6. The standard InChI is InChI=1S/C23H17FO3/c24-21-8-4-5-17(15-21)9-14-23(26)27-16-22(25)20-12-10-19(11-13-20)18-6-2-1-3-7-18/h1-15H,16H2/b14-9+. The van der Waals surface area contributed by atoms with Crippen LogP contribution in [0.2, 0.25) is 0 Å². The maximum atomic E-state index is 13.1. The molecule has 27 heavy (non-hydrogen) atoms. The fourth-order valence-electron chi connectivity index (χ4n) is 2.52. The summed E-state index contributed by atoms with van der Waals surface area (Å²) in [6, 6.07) is 22.8. The van der Waals surface area contributed by atoms with E-state index in [1.54, 1.807) is 24.3 Å². The molecule has 0 fully saturated rings. The van der Waals surface area contributed by atoms with Gasteiger partial charge in [-0.05, 0) is 34.9 Å². The van der Waals surface area contributed by atoms with E-state index in [4.69, 9.17) is 4.74 Å². The molecular weight excluding hydrogens is 343 g/mol. The number of ether oxygens (including phenoxy) is 1. The highest BCUT2D eigenvalue weighted by Gasteiger charge is 2.09. The summed E-state index contributed by atoms with van der Waals surface area (Å²) < 4.78 is 18.0. The van der Waals surface area contributed by atoms with Gasteiger partial charge in [-0.25, -0.2) is 9.18 Å². The largest absolute Gasteiger partial charge is 0.454 e. The Kier molecular flexibility index (Phi) is 5.90. The molecule has 0 saturated carbocycles. The van der Waals surface area contributed by atoms with Gasteiger partial charge in [0, 0.05) is 11.6 Å². The van der Waals surface area contributed by atoms with Crippen molar-refractivity contribution < 1.29 is 18.7 Å². The van der Waals surface area contributed by atoms with Crippen LogP contribution in [-0.2, 0) is 9.53 Å². The van der Waals surface area contributed by atoms with Gasteiger partial charge in [-0.2, -0.15) is 0 Å². The van der Waals surface area contributed by atoms with E-state index in [-0.39, 0.29) is 18.2 Å². The molecule has 3 aromatic carbocycles. The lowest BCUT2D eigenvalue weighted by Gasteiger charge is -2.04. The summed E-state index contributed by atoms with van der Waals surface area (Å²) in [6.07, 6.45) is 2.60. The third-order valence-electron chi connectivity index (χ3n) is 3.92. The molecule has 0 amide bonds. The maximum absolute atomic E-state index is 13.1. The Morgan fingerprint density at radius 3 is 2.26 bits per heavy atom. The molecule has 3 aromatic rings. The lowest BCUT2D eigenvalue weighted by Crippen LogP contribution is -2.12. The second-order valence-corrected chi connectivity index (χ2v) is 5.86. The minimum Gasteiger partial charge on any atom is -0.454 e. The molecule has 0 aliphatic heterocycles. The topological polar surface area (TPSA) is 43.4 Å². The van der Waals surface area contributed by atoms with E-state index >= 15 is 0 Å². The molecule has 0 N–H and O–H groups in total. The number of benzene rings is 3. The summed E-state index contributed by atoms with van der Waals surface area (Å²) >= 11 is 0. The van der Waals surface area contributed by atoms with Crippen molar-refractivity contribution in [2.75, 3.05) is 6.61 Å². The van der Waals surface area contributed by atoms with Crippen molar-refractivity contribution in [2.24, 2.45) is 0 Å². The number of esters is 1. The van der Waals surface area contributed by atoms with E-state index in [1.165, 1.54) is 24.3 Å². The molecule has 134 valence electrons. The van der Waals surface area contributed by atoms with E-state index in [0.29, 0.717) is 11.1 Å². The Morgan fingerprint density at radius 2 is 1.56 bits per heavy atom. The van der Waals surface area contributed by atoms with Crippen LogP contribution < -0.4 is 0 Å². The summed E-state index contributed by atoms with van der Waals surface area (Å²) in [5.41, 5.74) is 3.07. The van der Waals surface area contributed by atoms with Crippen molar-refractivity contribution in [2.45, 2.75) is 0 Å². The zero-order valence-electron chi connectivity index (χ0n) is 14.5. The highest BCUT2D eigenvalue weighted by Crippen LogP contribution is 2.19. The minimum absolute atomic E-state index is 0.290. The van der Waals surface area contributed by atoms with Crippen LogP contribution in [0.15, 0.2) is 84.9 Å². The Morgan fingerprint density at radius 1 is 0.852 bits per heavy atom. The first-order valence-electron chi connectivity index (χ1n) is 8.41. The first-order chi connectivity index (χ1) is 13.1. The first-order valence-corrected chi connectivity index (χ1v) is 8.41. The van der Waals surface area contributed by atoms with Gasteiger partial charge in [-0.15, -0.1) is 0 Å². The van der Waals surface area contributed by atoms with Crippen LogP contribution in [0.4, 0.5) is 4.39 Å². The number of halogens is 1. The van der Waals surface area contributed by atoms with Gasteiger partial charge in [0.1, 0.15) is 5.82 Å². The molecule has 0 aromatic heterocycles. The molecule has 0 aliphatic rings. The first kappa shape index (κ1) is 18.3. The van der Waals surface area contributed by atoms with E-state index in [0.717, 1.165) is 11.1 Å². The summed E-state index contributed by atoms with van der Waals surface area (Å²) in [5.74, 6) is -1.34. The number of Topliss-reactive ketones (excluding diaryl/α,β-unsaturated/α-hetero) is 1. The van der Waals surface area contributed by atoms with Crippen molar-refractivity contribution in [3.05, 3.63) is 102 Å². The molecule has 0 atom stereocenters. The van der Waals surface area contributed by atoms with Gasteiger partial charge < -0.3 is 4.74 Å². The van der Waals surface area contributed by atoms with Crippen LogP contribution >= 0.6 is 0 Å². The number of hydrogen-bond donors (Lipinski definition) is 0. The molecule has 0 spiro atoms. The zero-order valence-corrected chi connectivity index (χ0v) is 14.5. The van der Waals surface area contributed by atoms with Gasteiger partial charge >= 0.3 is 5.97 Å². The third kappa shape index (κ3) is 5.22. The number of carbonyl (C=O) groups is 2. The smallest absolute Gasteiger partial charge is 0.331 e. The summed E-state index contributed by atoms with van der Waals surface area (Å²) in [6.45, 7) is -0.350. The van der Waals surface area contributed by atoms with Crippen molar-refractivity contribution in [1.29, 1.82) is 0 Å². The monoisotopic (exact) mass is 360 g/mol. The van der Waals surface area contributed by atoms with Crippen LogP contribution in [0.3, 0.4) is 0 Å². The number of ketones is 1. The summed E-state index contributed by atoms with van der Waals surface area (Å²) in [5, 5.41) is 0. The molecule has 3 nitrogen and oxygen atoms in total.